The highest BCUT2D eigenvalue weighted by molar-refractivity contribution is 5.36. The maximum atomic E-state index is 6.08. The number of benzene rings is 3. The first-order valence-electron chi connectivity index (χ1n) is 10.2. The molecule has 1 aliphatic rings. The zero-order valence-electron chi connectivity index (χ0n) is 16.4. The molecule has 1 heterocycles. The van der Waals surface area contributed by atoms with Crippen molar-refractivity contribution in [2.45, 2.75) is 38.4 Å². The molecule has 0 radical (unpaired) electrons. The monoisotopic (exact) mass is 372 g/mol. The van der Waals surface area contributed by atoms with Gasteiger partial charge in [-0.1, -0.05) is 61.5 Å². The second-order valence-electron chi connectivity index (χ2n) is 7.37. The van der Waals surface area contributed by atoms with Crippen molar-refractivity contribution < 1.29 is 4.74 Å². The molecule has 0 aliphatic carbocycles. The molecule has 28 heavy (non-hydrogen) atoms. The summed E-state index contributed by atoms with van der Waals surface area (Å²) in [5, 5.41) is 7.36. The minimum Gasteiger partial charge on any atom is -0.457 e. The highest BCUT2D eigenvalue weighted by Crippen LogP contribution is 2.26. The Hall–Kier alpha value is -2.62. The predicted molar refractivity (Wildman–Crippen MR) is 115 cm³/mol. The summed E-state index contributed by atoms with van der Waals surface area (Å²) in [6, 6.07) is 28.2. The molecule has 0 saturated carbocycles. The average Bonchev–Trinajstić information content (AvgIpc) is 3.22. The third kappa shape index (κ3) is 4.61. The van der Waals surface area contributed by atoms with Crippen molar-refractivity contribution in [3.8, 4) is 11.5 Å². The van der Waals surface area contributed by atoms with Crippen LogP contribution in [0.2, 0.25) is 0 Å². The van der Waals surface area contributed by atoms with Gasteiger partial charge < -0.3 is 15.4 Å². The molecule has 0 amide bonds. The van der Waals surface area contributed by atoms with Crippen molar-refractivity contribution in [2.75, 3.05) is 6.54 Å². The molecule has 2 atom stereocenters. The van der Waals surface area contributed by atoms with Crippen LogP contribution in [0.1, 0.15) is 36.1 Å². The summed E-state index contributed by atoms with van der Waals surface area (Å²) < 4.78 is 6.08. The van der Waals surface area contributed by atoms with Crippen LogP contribution in [-0.4, -0.2) is 12.6 Å². The lowest BCUT2D eigenvalue weighted by Crippen LogP contribution is -2.33. The first kappa shape index (κ1) is 18.7. The number of hydrogen-bond donors (Lipinski definition) is 2. The molecule has 1 fully saturated rings. The van der Waals surface area contributed by atoms with Crippen molar-refractivity contribution in [3.05, 3.63) is 95.6 Å². The van der Waals surface area contributed by atoms with E-state index < -0.39 is 0 Å². The van der Waals surface area contributed by atoms with E-state index in [1.54, 1.807) is 0 Å². The molecule has 0 aromatic heterocycles. The fourth-order valence-corrected chi connectivity index (χ4v) is 3.87. The summed E-state index contributed by atoms with van der Waals surface area (Å²) in [6.07, 6.45) is 2.15. The van der Waals surface area contributed by atoms with Gasteiger partial charge in [0, 0.05) is 18.6 Å². The van der Waals surface area contributed by atoms with Gasteiger partial charge in [0.1, 0.15) is 11.5 Å². The highest BCUT2D eigenvalue weighted by Gasteiger charge is 2.27. The molecular formula is C25H28N2O. The van der Waals surface area contributed by atoms with Crippen molar-refractivity contribution in [1.82, 2.24) is 10.6 Å². The molecular weight excluding hydrogens is 344 g/mol. The van der Waals surface area contributed by atoms with E-state index >= 15 is 0 Å². The summed E-state index contributed by atoms with van der Waals surface area (Å²) >= 11 is 0. The van der Waals surface area contributed by atoms with Crippen LogP contribution in [0.25, 0.3) is 0 Å². The van der Waals surface area contributed by atoms with Gasteiger partial charge in [0.05, 0.1) is 0 Å². The summed E-state index contributed by atoms with van der Waals surface area (Å²) in [6.45, 7) is 4.04. The van der Waals surface area contributed by atoms with E-state index in [0.29, 0.717) is 12.1 Å². The number of nitrogens with one attached hydrogen (secondary N) is 2. The fourth-order valence-electron chi connectivity index (χ4n) is 3.87. The van der Waals surface area contributed by atoms with Crippen LogP contribution in [0.3, 0.4) is 0 Å². The average molecular weight is 373 g/mol. The van der Waals surface area contributed by atoms with Gasteiger partial charge in [-0.2, -0.15) is 0 Å². The Bertz CT molecular complexity index is 894. The SMILES string of the molecule is CCc1cccc(Oc2cccc(CN[C@H]3CCN[C@H]3c3ccccc3)c2)c1. The maximum Gasteiger partial charge on any atom is 0.127 e. The van der Waals surface area contributed by atoms with Crippen LogP contribution in [0.5, 0.6) is 11.5 Å². The first-order valence-corrected chi connectivity index (χ1v) is 10.2. The van der Waals surface area contributed by atoms with E-state index in [-0.39, 0.29) is 0 Å². The molecule has 3 nitrogen and oxygen atoms in total. The van der Waals surface area contributed by atoms with E-state index in [9.17, 15) is 0 Å². The van der Waals surface area contributed by atoms with Gasteiger partial charge in [-0.3, -0.25) is 0 Å². The lowest BCUT2D eigenvalue weighted by atomic mass is 10.0. The van der Waals surface area contributed by atoms with Gasteiger partial charge in [0.15, 0.2) is 0 Å². The summed E-state index contributed by atoms with van der Waals surface area (Å²) in [5.41, 5.74) is 3.88. The smallest absolute Gasteiger partial charge is 0.127 e. The Morgan fingerprint density at radius 1 is 0.893 bits per heavy atom. The third-order valence-electron chi connectivity index (χ3n) is 5.39. The second kappa shape index (κ2) is 9.05. The predicted octanol–water partition coefficient (Wildman–Crippen LogP) is 5.23. The van der Waals surface area contributed by atoms with Crippen LogP contribution < -0.4 is 15.4 Å². The van der Waals surface area contributed by atoms with Crippen molar-refractivity contribution in [1.29, 1.82) is 0 Å². The van der Waals surface area contributed by atoms with E-state index in [4.69, 9.17) is 4.74 Å². The molecule has 1 aliphatic heterocycles. The molecule has 144 valence electrons. The standard InChI is InChI=1S/C25H28N2O/c1-2-19-8-6-12-22(16-19)28-23-13-7-9-20(17-23)18-27-24-14-15-26-25(24)21-10-4-3-5-11-21/h3-13,16-17,24-27H,2,14-15,18H2,1H3/t24-,25-/m0/s1. The lowest BCUT2D eigenvalue weighted by molar-refractivity contribution is 0.458. The Labute approximate surface area is 167 Å². The van der Waals surface area contributed by atoms with Gasteiger partial charge in [-0.25, -0.2) is 0 Å². The highest BCUT2D eigenvalue weighted by atomic mass is 16.5. The van der Waals surface area contributed by atoms with Gasteiger partial charge in [0.25, 0.3) is 0 Å². The minimum atomic E-state index is 0.373. The zero-order chi connectivity index (χ0) is 19.2. The van der Waals surface area contributed by atoms with Crippen molar-refractivity contribution >= 4 is 0 Å². The Morgan fingerprint density at radius 3 is 2.36 bits per heavy atom. The van der Waals surface area contributed by atoms with E-state index in [0.717, 1.165) is 37.4 Å². The zero-order valence-corrected chi connectivity index (χ0v) is 16.4. The Morgan fingerprint density at radius 2 is 1.61 bits per heavy atom. The van der Waals surface area contributed by atoms with E-state index in [2.05, 4.69) is 84.3 Å². The van der Waals surface area contributed by atoms with Gasteiger partial charge in [-0.15, -0.1) is 0 Å². The largest absolute Gasteiger partial charge is 0.457 e. The molecule has 1 saturated heterocycles. The van der Waals surface area contributed by atoms with E-state index in [1.807, 2.05) is 12.1 Å². The van der Waals surface area contributed by atoms with Crippen LogP contribution in [0.15, 0.2) is 78.9 Å². The van der Waals surface area contributed by atoms with Crippen molar-refractivity contribution in [2.24, 2.45) is 0 Å². The Kier molecular flexibility index (Phi) is 6.05. The number of hydrogen-bond acceptors (Lipinski definition) is 3. The topological polar surface area (TPSA) is 33.3 Å². The van der Waals surface area contributed by atoms with Crippen LogP contribution in [0, 0.1) is 0 Å². The number of aryl methyl sites for hydroxylation is 1. The minimum absolute atomic E-state index is 0.373. The molecule has 0 unspecified atom stereocenters. The molecule has 3 heteroatoms. The van der Waals surface area contributed by atoms with E-state index in [1.165, 1.54) is 16.7 Å². The molecule has 4 rings (SSSR count). The molecule has 0 bridgehead atoms. The normalized spacial score (nSPS) is 18.9. The Balaban J connectivity index is 1.39. The van der Waals surface area contributed by atoms with Crippen LogP contribution in [0.4, 0.5) is 0 Å². The lowest BCUT2D eigenvalue weighted by Gasteiger charge is -2.21. The molecule has 0 spiro atoms. The maximum absolute atomic E-state index is 6.08. The first-order chi connectivity index (χ1) is 13.8. The van der Waals surface area contributed by atoms with Crippen LogP contribution >= 0.6 is 0 Å². The number of rotatable bonds is 7. The van der Waals surface area contributed by atoms with Gasteiger partial charge >= 0.3 is 0 Å². The number of ether oxygens (including phenoxy) is 1. The summed E-state index contributed by atoms with van der Waals surface area (Å²) in [5.74, 6) is 1.78. The third-order valence-corrected chi connectivity index (χ3v) is 5.39. The summed E-state index contributed by atoms with van der Waals surface area (Å²) in [4.78, 5) is 0. The molecule has 3 aromatic carbocycles. The van der Waals surface area contributed by atoms with Crippen LogP contribution in [-0.2, 0) is 13.0 Å². The van der Waals surface area contributed by atoms with Gasteiger partial charge in [0.2, 0.25) is 0 Å². The second-order valence-corrected chi connectivity index (χ2v) is 7.37. The molecule has 3 aromatic rings. The molecule has 2 N–H and O–H groups in total. The van der Waals surface area contributed by atoms with Crippen molar-refractivity contribution in [3.63, 3.8) is 0 Å². The summed E-state index contributed by atoms with van der Waals surface area (Å²) in [7, 11) is 0. The fraction of sp³-hybridized carbons (Fsp3) is 0.280. The van der Waals surface area contributed by atoms with Gasteiger partial charge in [-0.05, 0) is 60.3 Å². The quantitative estimate of drug-likeness (QED) is 0.595.